The summed E-state index contributed by atoms with van der Waals surface area (Å²) in [4.78, 5) is 38.0. The Bertz CT molecular complexity index is 1340. The number of hydrogen-bond acceptors (Lipinski definition) is 4. The molecule has 7 nitrogen and oxygen atoms in total. The van der Waals surface area contributed by atoms with Crippen molar-refractivity contribution < 1.29 is 14.0 Å². The Kier molecular flexibility index (Phi) is 5.71. The van der Waals surface area contributed by atoms with Crippen molar-refractivity contribution in [2.24, 2.45) is 0 Å². The number of aromatic nitrogens is 2. The van der Waals surface area contributed by atoms with Crippen LogP contribution in [0.3, 0.4) is 0 Å². The topological polar surface area (TPSA) is 81.3 Å². The largest absolute Gasteiger partial charge is 0.353 e. The molecule has 2 aromatic carbocycles. The molecule has 0 radical (unpaired) electrons. The second kappa shape index (κ2) is 8.97. The number of H-pyrrole nitrogens is 1. The number of carbonyl (C=O) groups is 2. The highest BCUT2D eigenvalue weighted by Crippen LogP contribution is 2.30. The highest BCUT2D eigenvalue weighted by atomic mass is 19.1. The third kappa shape index (κ3) is 4.22. The number of aryl methyl sites for hydroxylation is 1. The molecule has 8 heteroatoms. The molecule has 0 aliphatic carbocycles. The molecule has 0 atom stereocenters. The van der Waals surface area contributed by atoms with Crippen molar-refractivity contribution in [3.05, 3.63) is 89.5 Å². The van der Waals surface area contributed by atoms with E-state index in [4.69, 9.17) is 0 Å². The van der Waals surface area contributed by atoms with Gasteiger partial charge in [-0.1, -0.05) is 17.7 Å². The summed E-state index contributed by atoms with van der Waals surface area (Å²) in [5, 5.41) is 3.65. The SMILES string of the molecule is Cc1ccc2[nH]c(C(=O)N3CCN(c4ccccn4)CC3)c(NC(=O)c3ccc(F)cc3)c2c1. The minimum Gasteiger partial charge on any atom is -0.353 e. The van der Waals surface area contributed by atoms with Gasteiger partial charge >= 0.3 is 0 Å². The van der Waals surface area contributed by atoms with E-state index in [9.17, 15) is 14.0 Å². The first kappa shape index (κ1) is 21.6. The first-order valence-corrected chi connectivity index (χ1v) is 11.1. The van der Waals surface area contributed by atoms with Crippen LogP contribution in [0.2, 0.25) is 0 Å². The zero-order valence-corrected chi connectivity index (χ0v) is 18.7. The van der Waals surface area contributed by atoms with Gasteiger partial charge in [-0.05, 0) is 55.5 Å². The molecule has 1 saturated heterocycles. The van der Waals surface area contributed by atoms with Crippen molar-refractivity contribution in [1.82, 2.24) is 14.9 Å². The molecule has 3 heterocycles. The summed E-state index contributed by atoms with van der Waals surface area (Å²) in [7, 11) is 0. The van der Waals surface area contributed by atoms with Gasteiger partial charge in [0, 0.05) is 48.8 Å². The number of aromatic amines is 1. The second-order valence-corrected chi connectivity index (χ2v) is 8.35. The van der Waals surface area contributed by atoms with Crippen LogP contribution in [0, 0.1) is 12.7 Å². The van der Waals surface area contributed by atoms with Crippen LogP contribution in [0.15, 0.2) is 66.9 Å². The summed E-state index contributed by atoms with van der Waals surface area (Å²) in [6, 6.07) is 16.9. The van der Waals surface area contributed by atoms with Crippen LogP contribution < -0.4 is 10.2 Å². The minimum atomic E-state index is -0.417. The monoisotopic (exact) mass is 457 g/mol. The van der Waals surface area contributed by atoms with Gasteiger partial charge in [0.25, 0.3) is 11.8 Å². The number of fused-ring (bicyclic) bond motifs is 1. The fourth-order valence-electron chi connectivity index (χ4n) is 4.22. The third-order valence-electron chi connectivity index (χ3n) is 6.05. The summed E-state index contributed by atoms with van der Waals surface area (Å²) < 4.78 is 13.3. The number of amides is 2. The Morgan fingerprint density at radius 2 is 1.76 bits per heavy atom. The molecule has 1 aliphatic heterocycles. The Labute approximate surface area is 196 Å². The standard InChI is InChI=1S/C26H24FN5O2/c1-17-5-10-21-20(16-17)23(30-25(33)18-6-8-19(27)9-7-18)24(29-21)26(34)32-14-12-31(13-15-32)22-4-2-3-11-28-22/h2-11,16,29H,12-15H2,1H3,(H,30,33). The van der Waals surface area contributed by atoms with Crippen molar-refractivity contribution in [1.29, 1.82) is 0 Å². The summed E-state index contributed by atoms with van der Waals surface area (Å²) in [6.07, 6.45) is 1.76. The van der Waals surface area contributed by atoms with Crippen LogP contribution in [0.25, 0.3) is 10.9 Å². The third-order valence-corrected chi connectivity index (χ3v) is 6.05. The number of halogens is 1. The second-order valence-electron chi connectivity index (χ2n) is 8.35. The number of carbonyl (C=O) groups excluding carboxylic acids is 2. The van der Waals surface area contributed by atoms with Crippen molar-refractivity contribution in [2.45, 2.75) is 6.92 Å². The number of nitrogens with one attached hydrogen (secondary N) is 2. The molecule has 1 fully saturated rings. The van der Waals surface area contributed by atoms with Gasteiger partial charge in [-0.2, -0.15) is 0 Å². The minimum absolute atomic E-state index is 0.177. The lowest BCUT2D eigenvalue weighted by Crippen LogP contribution is -2.49. The van der Waals surface area contributed by atoms with Crippen LogP contribution >= 0.6 is 0 Å². The summed E-state index contributed by atoms with van der Waals surface area (Å²) in [5.41, 5.74) is 2.85. The first-order valence-electron chi connectivity index (χ1n) is 11.1. The van der Waals surface area contributed by atoms with Crippen LogP contribution in [0.4, 0.5) is 15.9 Å². The van der Waals surface area contributed by atoms with E-state index < -0.39 is 11.7 Å². The van der Waals surface area contributed by atoms with E-state index >= 15 is 0 Å². The molecule has 2 aromatic heterocycles. The van der Waals surface area contributed by atoms with Gasteiger partial charge < -0.3 is 20.1 Å². The van der Waals surface area contributed by atoms with E-state index in [0.717, 1.165) is 22.3 Å². The highest BCUT2D eigenvalue weighted by molar-refractivity contribution is 6.15. The Hall–Kier alpha value is -4.20. The quantitative estimate of drug-likeness (QED) is 0.481. The van der Waals surface area contributed by atoms with E-state index in [1.54, 1.807) is 11.1 Å². The predicted molar refractivity (Wildman–Crippen MR) is 130 cm³/mol. The fraction of sp³-hybridized carbons (Fsp3) is 0.192. The summed E-state index contributed by atoms with van der Waals surface area (Å²) >= 11 is 0. The van der Waals surface area contributed by atoms with Crippen molar-refractivity contribution in [3.63, 3.8) is 0 Å². The molecule has 5 rings (SSSR count). The van der Waals surface area contributed by atoms with Crippen molar-refractivity contribution in [2.75, 3.05) is 36.4 Å². The first-order chi connectivity index (χ1) is 16.5. The predicted octanol–water partition coefficient (Wildman–Crippen LogP) is 4.23. The molecule has 2 N–H and O–H groups in total. The van der Waals surface area contributed by atoms with Gasteiger partial charge in [0.05, 0.1) is 5.69 Å². The smallest absolute Gasteiger partial charge is 0.272 e. The molecule has 0 spiro atoms. The number of pyridine rings is 1. The number of benzene rings is 2. The summed E-state index contributed by atoms with van der Waals surface area (Å²) in [6.45, 7) is 4.36. The average molecular weight is 458 g/mol. The number of hydrogen-bond donors (Lipinski definition) is 2. The van der Waals surface area contributed by atoms with Crippen LogP contribution in [-0.2, 0) is 0 Å². The molecule has 34 heavy (non-hydrogen) atoms. The molecule has 1 aliphatic rings. The normalized spacial score (nSPS) is 13.8. The van der Waals surface area contributed by atoms with E-state index in [2.05, 4.69) is 20.2 Å². The van der Waals surface area contributed by atoms with Gasteiger partial charge in [0.1, 0.15) is 17.3 Å². The molecule has 4 aromatic rings. The summed E-state index contributed by atoms with van der Waals surface area (Å²) in [5.74, 6) is -0.108. The lowest BCUT2D eigenvalue weighted by atomic mass is 10.1. The Balaban J connectivity index is 1.42. The molecule has 2 amide bonds. The molecule has 0 bridgehead atoms. The van der Waals surface area contributed by atoms with Gasteiger partial charge in [-0.25, -0.2) is 9.37 Å². The molecule has 0 unspecified atom stereocenters. The maximum Gasteiger partial charge on any atom is 0.272 e. The number of anilines is 2. The van der Waals surface area contributed by atoms with Crippen molar-refractivity contribution in [3.8, 4) is 0 Å². The number of piperazine rings is 1. The lowest BCUT2D eigenvalue weighted by molar-refractivity contribution is 0.0742. The zero-order valence-electron chi connectivity index (χ0n) is 18.7. The number of nitrogens with zero attached hydrogens (tertiary/aromatic N) is 3. The van der Waals surface area contributed by atoms with Gasteiger partial charge in [-0.15, -0.1) is 0 Å². The number of rotatable bonds is 4. The molecular weight excluding hydrogens is 433 g/mol. The van der Waals surface area contributed by atoms with E-state index in [1.165, 1.54) is 24.3 Å². The molecule has 0 saturated carbocycles. The Morgan fingerprint density at radius 3 is 2.47 bits per heavy atom. The highest BCUT2D eigenvalue weighted by Gasteiger charge is 2.27. The van der Waals surface area contributed by atoms with Crippen LogP contribution in [0.5, 0.6) is 0 Å². The van der Waals surface area contributed by atoms with E-state index in [1.807, 2.05) is 43.3 Å². The Morgan fingerprint density at radius 1 is 1.00 bits per heavy atom. The van der Waals surface area contributed by atoms with Gasteiger partial charge in [0.2, 0.25) is 0 Å². The van der Waals surface area contributed by atoms with Crippen molar-refractivity contribution >= 4 is 34.2 Å². The maximum absolute atomic E-state index is 13.5. The van der Waals surface area contributed by atoms with Gasteiger partial charge in [0.15, 0.2) is 0 Å². The van der Waals surface area contributed by atoms with Crippen LogP contribution in [-0.4, -0.2) is 52.9 Å². The zero-order chi connectivity index (χ0) is 23.7. The van der Waals surface area contributed by atoms with E-state index in [0.29, 0.717) is 43.1 Å². The molecule has 172 valence electrons. The maximum atomic E-state index is 13.5. The average Bonchev–Trinajstić information content (AvgIpc) is 3.22. The van der Waals surface area contributed by atoms with E-state index in [-0.39, 0.29) is 5.91 Å². The lowest BCUT2D eigenvalue weighted by Gasteiger charge is -2.35. The molecular formula is C26H24FN5O2. The fourth-order valence-corrected chi connectivity index (χ4v) is 4.22. The van der Waals surface area contributed by atoms with Crippen LogP contribution in [0.1, 0.15) is 26.4 Å². The van der Waals surface area contributed by atoms with Gasteiger partial charge in [-0.3, -0.25) is 9.59 Å².